The quantitative estimate of drug-likeness (QED) is 0.679. The van der Waals surface area contributed by atoms with Crippen molar-refractivity contribution in [3.63, 3.8) is 0 Å². The van der Waals surface area contributed by atoms with Crippen LogP contribution in [0.15, 0.2) is 48.5 Å². The normalized spacial score (nSPS) is 17.1. The number of carbonyl (C=O) groups is 1. The summed E-state index contributed by atoms with van der Waals surface area (Å²) in [5, 5.41) is 2.82. The topological polar surface area (TPSA) is 44.8 Å². The van der Waals surface area contributed by atoms with Gasteiger partial charge in [-0.25, -0.2) is 0 Å². The van der Waals surface area contributed by atoms with Crippen LogP contribution >= 0.6 is 0 Å². The number of ether oxygens (including phenoxy) is 1. The van der Waals surface area contributed by atoms with Crippen molar-refractivity contribution in [3.05, 3.63) is 59.7 Å². The molecule has 0 aliphatic carbocycles. The van der Waals surface area contributed by atoms with Crippen molar-refractivity contribution in [1.29, 1.82) is 0 Å². The molecule has 0 saturated carbocycles. The molecule has 162 valence electrons. The van der Waals surface area contributed by atoms with E-state index in [-0.39, 0.29) is 5.91 Å². The summed E-state index contributed by atoms with van der Waals surface area (Å²) in [6.45, 7) is 7.02. The maximum atomic E-state index is 11.2. The molecule has 1 atom stereocenters. The smallest absolute Gasteiger partial charge is 0.221 e. The summed E-state index contributed by atoms with van der Waals surface area (Å²) in [6, 6.07) is 16.5. The molecule has 1 saturated heterocycles. The van der Waals surface area contributed by atoms with Crippen LogP contribution in [-0.4, -0.2) is 56.0 Å². The Bertz CT molecular complexity index is 806. The average Bonchev–Trinajstić information content (AvgIpc) is 2.73. The van der Waals surface area contributed by atoms with Crippen molar-refractivity contribution in [3.8, 4) is 5.75 Å². The van der Waals surface area contributed by atoms with E-state index in [1.54, 1.807) is 7.11 Å². The summed E-state index contributed by atoms with van der Waals surface area (Å²) in [5.41, 5.74) is 3.42. The SMILES string of the molecule is COc1ccccc1CCN1CCC[C@H](CN(C)Cc2ccc(NC(C)=O)cc2)C1. The van der Waals surface area contributed by atoms with Crippen LogP contribution < -0.4 is 10.1 Å². The Balaban J connectivity index is 1.45. The summed E-state index contributed by atoms with van der Waals surface area (Å²) in [6.07, 6.45) is 3.61. The first-order chi connectivity index (χ1) is 14.5. The molecule has 1 N–H and O–H groups in total. The fourth-order valence-corrected chi connectivity index (χ4v) is 4.41. The number of likely N-dealkylation sites (tertiary alicyclic amines) is 1. The third-order valence-corrected chi connectivity index (χ3v) is 5.79. The van der Waals surface area contributed by atoms with Crippen molar-refractivity contribution in [2.24, 2.45) is 5.92 Å². The number of piperidine rings is 1. The Hall–Kier alpha value is -2.37. The van der Waals surface area contributed by atoms with Crippen molar-refractivity contribution < 1.29 is 9.53 Å². The first kappa shape index (κ1) is 22.3. The van der Waals surface area contributed by atoms with Gasteiger partial charge in [-0.05, 0) is 68.1 Å². The van der Waals surface area contributed by atoms with E-state index in [0.717, 1.165) is 37.5 Å². The molecule has 5 nitrogen and oxygen atoms in total. The van der Waals surface area contributed by atoms with E-state index in [1.165, 1.54) is 44.0 Å². The number of nitrogens with zero attached hydrogens (tertiary/aromatic N) is 2. The predicted octanol–water partition coefficient (Wildman–Crippen LogP) is 4.04. The minimum atomic E-state index is -0.0348. The first-order valence-corrected chi connectivity index (χ1v) is 10.9. The van der Waals surface area contributed by atoms with Crippen LogP contribution in [0.2, 0.25) is 0 Å². The van der Waals surface area contributed by atoms with Crippen molar-refractivity contribution >= 4 is 11.6 Å². The van der Waals surface area contributed by atoms with Gasteiger partial charge in [0.05, 0.1) is 7.11 Å². The minimum absolute atomic E-state index is 0.0348. The monoisotopic (exact) mass is 409 g/mol. The maximum absolute atomic E-state index is 11.2. The first-order valence-electron chi connectivity index (χ1n) is 10.9. The van der Waals surface area contributed by atoms with Gasteiger partial charge in [0, 0.05) is 38.8 Å². The molecule has 0 unspecified atom stereocenters. The maximum Gasteiger partial charge on any atom is 0.221 e. The predicted molar refractivity (Wildman–Crippen MR) is 123 cm³/mol. The number of hydrogen-bond acceptors (Lipinski definition) is 4. The van der Waals surface area contributed by atoms with E-state index in [0.29, 0.717) is 5.92 Å². The molecule has 1 aliphatic rings. The zero-order valence-corrected chi connectivity index (χ0v) is 18.6. The lowest BCUT2D eigenvalue weighted by Crippen LogP contribution is -2.40. The van der Waals surface area contributed by atoms with Crippen molar-refractivity contribution in [2.75, 3.05) is 45.7 Å². The Morgan fingerprint density at radius 2 is 1.97 bits per heavy atom. The number of benzene rings is 2. The molecule has 1 amide bonds. The molecule has 5 heteroatoms. The third-order valence-electron chi connectivity index (χ3n) is 5.79. The molecule has 1 heterocycles. The highest BCUT2D eigenvalue weighted by molar-refractivity contribution is 5.88. The van der Waals surface area contributed by atoms with Crippen LogP contribution in [-0.2, 0) is 17.8 Å². The molecular weight excluding hydrogens is 374 g/mol. The number of hydrogen-bond donors (Lipinski definition) is 1. The molecule has 1 fully saturated rings. The molecule has 0 radical (unpaired) electrons. The Labute approximate surface area is 181 Å². The van der Waals surface area contributed by atoms with Gasteiger partial charge in [0.25, 0.3) is 0 Å². The highest BCUT2D eigenvalue weighted by Gasteiger charge is 2.21. The number of nitrogens with one attached hydrogen (secondary N) is 1. The van der Waals surface area contributed by atoms with Crippen LogP contribution in [0.1, 0.15) is 30.9 Å². The second-order valence-electron chi connectivity index (χ2n) is 8.45. The van der Waals surface area contributed by atoms with E-state index >= 15 is 0 Å². The molecule has 0 aromatic heterocycles. The number of methoxy groups -OCH3 is 1. The lowest BCUT2D eigenvalue weighted by Gasteiger charge is -2.35. The fraction of sp³-hybridized carbons (Fsp3) is 0.480. The van der Waals surface area contributed by atoms with E-state index in [4.69, 9.17) is 4.74 Å². The Morgan fingerprint density at radius 1 is 1.20 bits per heavy atom. The highest BCUT2D eigenvalue weighted by atomic mass is 16.5. The number of carbonyl (C=O) groups excluding carboxylic acids is 1. The van der Waals surface area contributed by atoms with Gasteiger partial charge < -0.3 is 19.9 Å². The minimum Gasteiger partial charge on any atom is -0.496 e. The highest BCUT2D eigenvalue weighted by Crippen LogP contribution is 2.21. The van der Waals surface area contributed by atoms with Crippen molar-refractivity contribution in [1.82, 2.24) is 9.80 Å². The van der Waals surface area contributed by atoms with Crippen LogP contribution in [0.25, 0.3) is 0 Å². The van der Waals surface area contributed by atoms with E-state index in [9.17, 15) is 4.79 Å². The molecule has 0 spiro atoms. The second kappa shape index (κ2) is 11.1. The van der Waals surface area contributed by atoms with Crippen LogP contribution in [0.4, 0.5) is 5.69 Å². The van der Waals surface area contributed by atoms with Crippen molar-refractivity contribution in [2.45, 2.75) is 32.7 Å². The van der Waals surface area contributed by atoms with Crippen LogP contribution in [0.3, 0.4) is 0 Å². The number of anilines is 1. The average molecular weight is 410 g/mol. The van der Waals surface area contributed by atoms with Gasteiger partial charge >= 0.3 is 0 Å². The summed E-state index contributed by atoms with van der Waals surface area (Å²) >= 11 is 0. The summed E-state index contributed by atoms with van der Waals surface area (Å²) < 4.78 is 5.50. The molecule has 3 rings (SSSR count). The van der Waals surface area contributed by atoms with E-state index in [1.807, 2.05) is 24.3 Å². The molecule has 2 aromatic rings. The Kier molecular flexibility index (Phi) is 8.29. The number of para-hydroxylation sites is 1. The standard InChI is InChI=1S/C25H35N3O2/c1-20(29)26-24-12-10-21(11-13-24)17-27(2)18-22-7-6-15-28(19-22)16-14-23-8-4-5-9-25(23)30-3/h4-5,8-13,22H,6-7,14-19H2,1-3H3,(H,26,29)/t22-/m1/s1. The largest absolute Gasteiger partial charge is 0.496 e. The van der Waals surface area contributed by atoms with Gasteiger partial charge in [-0.1, -0.05) is 30.3 Å². The molecule has 30 heavy (non-hydrogen) atoms. The Morgan fingerprint density at radius 3 is 2.70 bits per heavy atom. The lowest BCUT2D eigenvalue weighted by atomic mass is 9.96. The van der Waals surface area contributed by atoms with E-state index < -0.39 is 0 Å². The zero-order chi connectivity index (χ0) is 21.3. The fourth-order valence-electron chi connectivity index (χ4n) is 4.41. The van der Waals surface area contributed by atoms with Gasteiger partial charge in [-0.3, -0.25) is 4.79 Å². The van der Waals surface area contributed by atoms with Crippen LogP contribution in [0, 0.1) is 5.92 Å². The van der Waals surface area contributed by atoms with Gasteiger partial charge in [-0.15, -0.1) is 0 Å². The summed E-state index contributed by atoms with van der Waals surface area (Å²) in [5.74, 6) is 1.67. The molecule has 0 bridgehead atoms. The summed E-state index contributed by atoms with van der Waals surface area (Å²) in [4.78, 5) is 16.2. The molecule has 2 aromatic carbocycles. The third kappa shape index (κ3) is 6.85. The number of amides is 1. The van der Waals surface area contributed by atoms with Gasteiger partial charge in [0.15, 0.2) is 0 Å². The second-order valence-corrected chi connectivity index (χ2v) is 8.45. The molecular formula is C25H35N3O2. The van der Waals surface area contributed by atoms with Crippen LogP contribution in [0.5, 0.6) is 5.75 Å². The van der Waals surface area contributed by atoms with E-state index in [2.05, 4.69) is 46.4 Å². The van der Waals surface area contributed by atoms with Gasteiger partial charge in [-0.2, -0.15) is 0 Å². The summed E-state index contributed by atoms with van der Waals surface area (Å²) in [7, 11) is 3.95. The van der Waals surface area contributed by atoms with Gasteiger partial charge in [0.1, 0.15) is 5.75 Å². The molecule has 1 aliphatic heterocycles. The zero-order valence-electron chi connectivity index (χ0n) is 18.6. The van der Waals surface area contributed by atoms with Gasteiger partial charge in [0.2, 0.25) is 5.91 Å². The number of rotatable bonds is 9. The lowest BCUT2D eigenvalue weighted by molar-refractivity contribution is -0.114.